The first-order chi connectivity index (χ1) is 7.43. The van der Waals surface area contributed by atoms with E-state index in [1.54, 1.807) is 11.8 Å². The molecule has 8 heteroatoms. The summed E-state index contributed by atoms with van der Waals surface area (Å²) >= 11 is 1.66. The van der Waals surface area contributed by atoms with Gasteiger partial charge in [-0.1, -0.05) is 0 Å². The topological polar surface area (TPSA) is 78.5 Å². The van der Waals surface area contributed by atoms with Gasteiger partial charge in [0.05, 0.1) is 11.8 Å². The molecule has 1 fully saturated rings. The maximum absolute atomic E-state index is 11.5. The summed E-state index contributed by atoms with van der Waals surface area (Å²) in [6.07, 6.45) is 0. The van der Waals surface area contributed by atoms with Crippen LogP contribution in [0.25, 0.3) is 0 Å². The van der Waals surface area contributed by atoms with Crippen molar-refractivity contribution in [1.29, 1.82) is 0 Å². The fourth-order valence-corrected chi connectivity index (χ4v) is 2.84. The van der Waals surface area contributed by atoms with Crippen molar-refractivity contribution >= 4 is 27.7 Å². The smallest absolute Gasteiger partial charge is 0.238 e. The van der Waals surface area contributed by atoms with Gasteiger partial charge >= 0.3 is 0 Å². The highest BCUT2D eigenvalue weighted by molar-refractivity contribution is 7.99. The molecule has 0 aromatic carbocycles. The molecule has 1 aliphatic heterocycles. The van der Waals surface area contributed by atoms with Crippen LogP contribution in [0.4, 0.5) is 0 Å². The van der Waals surface area contributed by atoms with Gasteiger partial charge in [0.1, 0.15) is 0 Å². The van der Waals surface area contributed by atoms with Gasteiger partial charge in [0.2, 0.25) is 15.9 Å². The van der Waals surface area contributed by atoms with Crippen LogP contribution in [0.5, 0.6) is 0 Å². The van der Waals surface area contributed by atoms with Gasteiger partial charge in [0.25, 0.3) is 0 Å². The standard InChI is InChI=1S/C8H17N3O3S2/c1-11(2)16(13,14)4-3-9-8(12)7-5-15-6-10-7/h7,10H,3-6H2,1-2H3,(H,9,12). The highest BCUT2D eigenvalue weighted by Crippen LogP contribution is 2.09. The zero-order valence-electron chi connectivity index (χ0n) is 9.39. The lowest BCUT2D eigenvalue weighted by Gasteiger charge is -2.13. The van der Waals surface area contributed by atoms with Gasteiger partial charge in [-0.2, -0.15) is 0 Å². The van der Waals surface area contributed by atoms with Crippen molar-refractivity contribution in [2.24, 2.45) is 0 Å². The third-order valence-corrected chi connectivity index (χ3v) is 5.02. The Balaban J connectivity index is 2.27. The summed E-state index contributed by atoms with van der Waals surface area (Å²) in [4.78, 5) is 11.5. The van der Waals surface area contributed by atoms with E-state index in [0.29, 0.717) is 0 Å². The molecule has 6 nitrogen and oxygen atoms in total. The summed E-state index contributed by atoms with van der Waals surface area (Å²) in [5.41, 5.74) is 0. The molecule has 1 atom stereocenters. The third-order valence-electron chi connectivity index (χ3n) is 2.25. The Hall–Kier alpha value is -0.310. The molecule has 1 saturated heterocycles. The summed E-state index contributed by atoms with van der Waals surface area (Å²) in [5, 5.41) is 5.63. The average Bonchev–Trinajstić information content (AvgIpc) is 2.69. The van der Waals surface area contributed by atoms with Crippen LogP contribution in [0.2, 0.25) is 0 Å². The van der Waals surface area contributed by atoms with Gasteiger partial charge in [-0.25, -0.2) is 12.7 Å². The Morgan fingerprint density at radius 3 is 2.75 bits per heavy atom. The third kappa shape index (κ3) is 3.93. The van der Waals surface area contributed by atoms with Gasteiger partial charge in [-0.05, 0) is 0 Å². The molecule has 0 aromatic heterocycles. The van der Waals surface area contributed by atoms with E-state index < -0.39 is 10.0 Å². The molecule has 2 N–H and O–H groups in total. The molecule has 1 aliphatic rings. The Morgan fingerprint density at radius 1 is 1.56 bits per heavy atom. The first kappa shape index (κ1) is 13.8. The van der Waals surface area contributed by atoms with E-state index in [9.17, 15) is 13.2 Å². The van der Waals surface area contributed by atoms with Crippen LogP contribution in [-0.2, 0) is 14.8 Å². The first-order valence-electron chi connectivity index (χ1n) is 4.92. The maximum Gasteiger partial charge on any atom is 0.238 e. The second-order valence-corrected chi connectivity index (χ2v) is 6.99. The van der Waals surface area contributed by atoms with E-state index in [2.05, 4.69) is 10.6 Å². The fourth-order valence-electron chi connectivity index (χ4n) is 1.17. The number of carbonyl (C=O) groups is 1. The predicted octanol–water partition coefficient (Wildman–Crippen LogP) is -1.34. The van der Waals surface area contributed by atoms with Crippen LogP contribution in [0, 0.1) is 0 Å². The minimum Gasteiger partial charge on any atom is -0.354 e. The Morgan fingerprint density at radius 2 is 2.25 bits per heavy atom. The van der Waals surface area contributed by atoms with Crippen LogP contribution in [0.15, 0.2) is 0 Å². The van der Waals surface area contributed by atoms with Gasteiger partial charge in [-0.3, -0.25) is 10.1 Å². The van der Waals surface area contributed by atoms with Crippen molar-refractivity contribution in [3.05, 3.63) is 0 Å². The summed E-state index contributed by atoms with van der Waals surface area (Å²) in [6.45, 7) is 0.155. The second kappa shape index (κ2) is 5.85. The molecule has 1 amide bonds. The SMILES string of the molecule is CN(C)S(=O)(=O)CCNC(=O)C1CSCN1. The zero-order valence-corrected chi connectivity index (χ0v) is 11.0. The molecule has 1 heterocycles. The minimum absolute atomic E-state index is 0.0639. The van der Waals surface area contributed by atoms with Gasteiger partial charge < -0.3 is 5.32 Å². The summed E-state index contributed by atoms with van der Waals surface area (Å²) < 4.78 is 23.9. The van der Waals surface area contributed by atoms with Crippen molar-refractivity contribution in [3.63, 3.8) is 0 Å². The van der Waals surface area contributed by atoms with Crippen LogP contribution < -0.4 is 10.6 Å². The van der Waals surface area contributed by atoms with E-state index in [1.165, 1.54) is 14.1 Å². The summed E-state index contributed by atoms with van der Waals surface area (Å²) in [5.74, 6) is 1.32. The van der Waals surface area contributed by atoms with Crippen molar-refractivity contribution in [1.82, 2.24) is 14.9 Å². The van der Waals surface area contributed by atoms with Crippen molar-refractivity contribution in [2.75, 3.05) is 38.0 Å². The number of nitrogens with zero attached hydrogens (tertiary/aromatic N) is 1. The lowest BCUT2D eigenvalue weighted by Crippen LogP contribution is -2.44. The van der Waals surface area contributed by atoms with Crippen molar-refractivity contribution in [2.45, 2.75) is 6.04 Å². The normalized spacial score (nSPS) is 21.3. The number of hydrogen-bond donors (Lipinski definition) is 2. The van der Waals surface area contributed by atoms with Crippen molar-refractivity contribution in [3.8, 4) is 0 Å². The van der Waals surface area contributed by atoms with Crippen LogP contribution in [-0.4, -0.2) is 62.7 Å². The molecule has 1 unspecified atom stereocenters. The molecular formula is C8H17N3O3S2. The molecule has 0 bridgehead atoms. The number of carbonyl (C=O) groups excluding carboxylic acids is 1. The summed E-state index contributed by atoms with van der Waals surface area (Å²) in [6, 6.07) is -0.188. The van der Waals surface area contributed by atoms with E-state index in [0.717, 1.165) is 15.9 Å². The van der Waals surface area contributed by atoms with E-state index in [4.69, 9.17) is 0 Å². The summed E-state index contributed by atoms with van der Waals surface area (Å²) in [7, 11) is -0.267. The van der Waals surface area contributed by atoms with E-state index in [1.807, 2.05) is 0 Å². The van der Waals surface area contributed by atoms with Gasteiger partial charge in [-0.15, -0.1) is 11.8 Å². The molecule has 0 radical (unpaired) electrons. The molecule has 0 spiro atoms. The lowest BCUT2D eigenvalue weighted by molar-refractivity contribution is -0.122. The lowest BCUT2D eigenvalue weighted by atomic mass is 10.3. The number of thioether (sulfide) groups is 1. The largest absolute Gasteiger partial charge is 0.354 e. The molecule has 0 aromatic rings. The molecule has 16 heavy (non-hydrogen) atoms. The van der Waals surface area contributed by atoms with Crippen LogP contribution in [0.1, 0.15) is 0 Å². The monoisotopic (exact) mass is 267 g/mol. The number of amides is 1. The number of sulfonamides is 1. The number of hydrogen-bond acceptors (Lipinski definition) is 5. The fraction of sp³-hybridized carbons (Fsp3) is 0.875. The van der Waals surface area contributed by atoms with Gasteiger partial charge in [0.15, 0.2) is 0 Å². The maximum atomic E-state index is 11.5. The highest BCUT2D eigenvalue weighted by atomic mass is 32.2. The Kier molecular flexibility index (Phi) is 5.03. The van der Waals surface area contributed by atoms with Crippen LogP contribution >= 0.6 is 11.8 Å². The predicted molar refractivity (Wildman–Crippen MR) is 64.7 cm³/mol. The zero-order chi connectivity index (χ0) is 12.2. The average molecular weight is 267 g/mol. The molecular weight excluding hydrogens is 250 g/mol. The first-order valence-corrected chi connectivity index (χ1v) is 7.69. The van der Waals surface area contributed by atoms with E-state index >= 15 is 0 Å². The Labute approximate surface area is 100 Å². The molecule has 94 valence electrons. The van der Waals surface area contributed by atoms with Crippen molar-refractivity contribution < 1.29 is 13.2 Å². The highest BCUT2D eigenvalue weighted by Gasteiger charge is 2.22. The second-order valence-electron chi connectivity index (χ2n) is 3.66. The molecule has 1 rings (SSSR count). The molecule has 0 aliphatic carbocycles. The number of nitrogens with one attached hydrogen (secondary N) is 2. The number of rotatable bonds is 5. The Bertz CT molecular complexity index is 336. The van der Waals surface area contributed by atoms with Gasteiger partial charge in [0, 0.05) is 32.3 Å². The van der Waals surface area contributed by atoms with Crippen LogP contribution in [0.3, 0.4) is 0 Å². The minimum atomic E-state index is -3.22. The molecule has 0 saturated carbocycles. The quantitative estimate of drug-likeness (QED) is 0.644. The van der Waals surface area contributed by atoms with E-state index in [-0.39, 0.29) is 24.2 Å².